The highest BCUT2D eigenvalue weighted by molar-refractivity contribution is 5.95. The summed E-state index contributed by atoms with van der Waals surface area (Å²) in [4.78, 5) is 23.7. The summed E-state index contributed by atoms with van der Waals surface area (Å²) in [5.41, 5.74) is 8.80. The summed E-state index contributed by atoms with van der Waals surface area (Å²) in [6.45, 7) is 6.34. The lowest BCUT2D eigenvalue weighted by atomic mass is 10.1. The van der Waals surface area contributed by atoms with E-state index in [1.54, 1.807) is 12.1 Å². The van der Waals surface area contributed by atoms with Crippen LogP contribution >= 0.6 is 0 Å². The molecule has 2 aromatic carbocycles. The van der Waals surface area contributed by atoms with Gasteiger partial charge in [0.25, 0.3) is 5.91 Å². The van der Waals surface area contributed by atoms with E-state index in [1.807, 2.05) is 44.2 Å². The molecule has 5 nitrogen and oxygen atoms in total. The highest BCUT2D eigenvalue weighted by Gasteiger charge is 2.07. The fraction of sp³-hybridized carbons (Fsp3) is 0.300. The monoisotopic (exact) mass is 340 g/mol. The summed E-state index contributed by atoms with van der Waals surface area (Å²) in [7, 11) is 0. The van der Waals surface area contributed by atoms with Crippen molar-refractivity contribution in [1.82, 2.24) is 10.9 Å². The number of hydrazine groups is 1. The minimum Gasteiger partial charge on any atom is -0.493 e. The molecule has 0 radical (unpaired) electrons. The molecule has 2 rings (SSSR count). The molecule has 0 aromatic heterocycles. The fourth-order valence-electron chi connectivity index (χ4n) is 2.22. The van der Waals surface area contributed by atoms with E-state index in [4.69, 9.17) is 4.74 Å². The molecule has 0 heterocycles. The second-order valence-corrected chi connectivity index (χ2v) is 5.90. The van der Waals surface area contributed by atoms with Crippen LogP contribution in [0.5, 0.6) is 5.75 Å². The molecule has 0 aliphatic rings. The molecule has 0 unspecified atom stereocenters. The Labute approximate surface area is 148 Å². The number of carbonyl (C=O) groups is 2. The summed E-state index contributed by atoms with van der Waals surface area (Å²) in [6, 6.07) is 13.1. The van der Waals surface area contributed by atoms with Crippen LogP contribution in [-0.2, 0) is 11.2 Å². The first-order chi connectivity index (χ1) is 12.0. The molecule has 0 aliphatic heterocycles. The first kappa shape index (κ1) is 18.5. The van der Waals surface area contributed by atoms with Crippen molar-refractivity contribution in [1.29, 1.82) is 0 Å². The molecule has 2 N–H and O–H groups in total. The first-order valence-corrected chi connectivity index (χ1v) is 8.37. The zero-order valence-corrected chi connectivity index (χ0v) is 14.9. The third-order valence-corrected chi connectivity index (χ3v) is 4.02. The van der Waals surface area contributed by atoms with Gasteiger partial charge in [-0.15, -0.1) is 0 Å². The van der Waals surface area contributed by atoms with Gasteiger partial charge in [0.05, 0.1) is 13.0 Å². The van der Waals surface area contributed by atoms with Gasteiger partial charge >= 0.3 is 0 Å². The quantitative estimate of drug-likeness (QED) is 0.794. The maximum atomic E-state index is 12.0. The van der Waals surface area contributed by atoms with Crippen LogP contribution in [-0.4, -0.2) is 18.4 Å². The highest BCUT2D eigenvalue weighted by atomic mass is 16.5. The van der Waals surface area contributed by atoms with E-state index in [0.717, 1.165) is 23.3 Å². The molecular formula is C20H24N2O3. The van der Waals surface area contributed by atoms with Gasteiger partial charge in [0, 0.05) is 5.56 Å². The average Bonchev–Trinajstić information content (AvgIpc) is 2.62. The second-order valence-electron chi connectivity index (χ2n) is 5.90. The van der Waals surface area contributed by atoms with Gasteiger partial charge in [-0.2, -0.15) is 0 Å². The van der Waals surface area contributed by atoms with Crippen molar-refractivity contribution in [2.24, 2.45) is 0 Å². The number of benzene rings is 2. The second kappa shape index (κ2) is 8.87. The molecule has 0 saturated carbocycles. The number of aryl methyl sites for hydroxylation is 3. The SMILES string of the molecule is CCc1ccc(C(=O)NNC(=O)CCOc2ccc(C)c(C)c2)cc1. The van der Waals surface area contributed by atoms with Crippen LogP contribution in [0.25, 0.3) is 0 Å². The van der Waals surface area contributed by atoms with Crippen LogP contribution in [0.4, 0.5) is 0 Å². The third-order valence-electron chi connectivity index (χ3n) is 4.02. The largest absolute Gasteiger partial charge is 0.493 e. The Morgan fingerprint density at radius 3 is 2.32 bits per heavy atom. The van der Waals surface area contributed by atoms with Crippen LogP contribution in [0.2, 0.25) is 0 Å². The molecule has 25 heavy (non-hydrogen) atoms. The zero-order chi connectivity index (χ0) is 18.2. The Bertz CT molecular complexity index is 739. The van der Waals surface area contributed by atoms with Crippen molar-refractivity contribution in [3.63, 3.8) is 0 Å². The fourth-order valence-corrected chi connectivity index (χ4v) is 2.22. The van der Waals surface area contributed by atoms with Crippen molar-refractivity contribution in [3.8, 4) is 5.75 Å². The number of nitrogens with one attached hydrogen (secondary N) is 2. The lowest BCUT2D eigenvalue weighted by Crippen LogP contribution is -2.42. The number of ether oxygens (including phenoxy) is 1. The van der Waals surface area contributed by atoms with Crippen molar-refractivity contribution in [2.45, 2.75) is 33.6 Å². The predicted molar refractivity (Wildman–Crippen MR) is 97.5 cm³/mol. The lowest BCUT2D eigenvalue weighted by Gasteiger charge is -2.10. The van der Waals surface area contributed by atoms with Crippen LogP contribution in [0.1, 0.15) is 40.4 Å². The summed E-state index contributed by atoms with van der Waals surface area (Å²) < 4.78 is 5.56. The number of rotatable bonds is 6. The molecule has 0 saturated heterocycles. The van der Waals surface area contributed by atoms with Crippen molar-refractivity contribution in [3.05, 3.63) is 64.7 Å². The summed E-state index contributed by atoms with van der Waals surface area (Å²) >= 11 is 0. The Morgan fingerprint density at radius 1 is 0.960 bits per heavy atom. The Morgan fingerprint density at radius 2 is 1.68 bits per heavy atom. The third kappa shape index (κ3) is 5.64. The Hall–Kier alpha value is -2.82. The normalized spacial score (nSPS) is 10.2. The number of carbonyl (C=O) groups excluding carboxylic acids is 2. The van der Waals surface area contributed by atoms with E-state index in [2.05, 4.69) is 17.8 Å². The zero-order valence-electron chi connectivity index (χ0n) is 14.9. The lowest BCUT2D eigenvalue weighted by molar-refractivity contribution is -0.122. The van der Waals surface area contributed by atoms with Gasteiger partial charge in [0.1, 0.15) is 5.75 Å². The van der Waals surface area contributed by atoms with Gasteiger partial charge in [0.15, 0.2) is 0 Å². The van der Waals surface area contributed by atoms with Gasteiger partial charge in [-0.05, 0) is 61.2 Å². The molecule has 2 amide bonds. The molecule has 0 spiro atoms. The smallest absolute Gasteiger partial charge is 0.269 e. The van der Waals surface area contributed by atoms with Crippen molar-refractivity contribution < 1.29 is 14.3 Å². The van der Waals surface area contributed by atoms with E-state index >= 15 is 0 Å². The van der Waals surface area contributed by atoms with Gasteiger partial charge in [-0.3, -0.25) is 20.4 Å². The van der Waals surface area contributed by atoms with Gasteiger partial charge in [0.2, 0.25) is 5.91 Å². The van der Waals surface area contributed by atoms with Crippen molar-refractivity contribution in [2.75, 3.05) is 6.61 Å². The van der Waals surface area contributed by atoms with Crippen LogP contribution < -0.4 is 15.6 Å². The summed E-state index contributed by atoms with van der Waals surface area (Å²) in [6.07, 6.45) is 1.07. The Balaban J connectivity index is 1.72. The van der Waals surface area contributed by atoms with E-state index in [1.165, 1.54) is 5.56 Å². The summed E-state index contributed by atoms with van der Waals surface area (Å²) in [5.74, 6) is 0.0874. The molecule has 0 atom stereocenters. The first-order valence-electron chi connectivity index (χ1n) is 8.37. The molecule has 0 bridgehead atoms. The highest BCUT2D eigenvalue weighted by Crippen LogP contribution is 2.16. The standard InChI is InChI=1S/C20H24N2O3/c1-4-16-6-8-17(9-7-16)20(24)22-21-19(23)11-12-25-18-10-5-14(2)15(3)13-18/h5-10,13H,4,11-12H2,1-3H3,(H,21,23)(H,22,24). The number of amides is 2. The Kier molecular flexibility index (Phi) is 6.57. The number of hydrogen-bond donors (Lipinski definition) is 2. The van der Waals surface area contributed by atoms with E-state index in [9.17, 15) is 9.59 Å². The van der Waals surface area contributed by atoms with E-state index in [-0.39, 0.29) is 24.8 Å². The average molecular weight is 340 g/mol. The van der Waals surface area contributed by atoms with Gasteiger partial charge in [-0.1, -0.05) is 25.1 Å². The van der Waals surface area contributed by atoms with Gasteiger partial charge in [-0.25, -0.2) is 0 Å². The topological polar surface area (TPSA) is 67.4 Å². The minimum absolute atomic E-state index is 0.155. The molecule has 5 heteroatoms. The molecule has 2 aromatic rings. The molecule has 132 valence electrons. The van der Waals surface area contributed by atoms with Gasteiger partial charge < -0.3 is 4.74 Å². The van der Waals surface area contributed by atoms with E-state index < -0.39 is 0 Å². The molecule has 0 aliphatic carbocycles. The number of hydrogen-bond acceptors (Lipinski definition) is 3. The molecule has 0 fully saturated rings. The van der Waals surface area contributed by atoms with E-state index in [0.29, 0.717) is 5.56 Å². The molecular weight excluding hydrogens is 316 g/mol. The van der Waals surface area contributed by atoms with Crippen LogP contribution in [0, 0.1) is 13.8 Å². The van der Waals surface area contributed by atoms with Crippen LogP contribution in [0.3, 0.4) is 0 Å². The maximum Gasteiger partial charge on any atom is 0.269 e. The minimum atomic E-state index is -0.342. The maximum absolute atomic E-state index is 12.0. The summed E-state index contributed by atoms with van der Waals surface area (Å²) in [5, 5.41) is 0. The van der Waals surface area contributed by atoms with Crippen molar-refractivity contribution >= 4 is 11.8 Å². The predicted octanol–water partition coefficient (Wildman–Crippen LogP) is 3.10. The van der Waals surface area contributed by atoms with Crippen LogP contribution in [0.15, 0.2) is 42.5 Å².